The molecule has 1 aromatic carbocycles. The quantitative estimate of drug-likeness (QED) is 0.623. The first-order chi connectivity index (χ1) is 7.54. The van der Waals surface area contributed by atoms with Crippen LogP contribution in [0.3, 0.4) is 0 Å². The largest absolute Gasteiger partial charge is 0.467 e. The third kappa shape index (κ3) is 2.31. The average Bonchev–Trinajstić information content (AvgIpc) is 2.29. The smallest absolute Gasteiger partial charge is 0.342 e. The minimum absolute atomic E-state index is 0.128. The van der Waals surface area contributed by atoms with E-state index in [0.29, 0.717) is 5.56 Å². The third-order valence-corrected chi connectivity index (χ3v) is 2.49. The van der Waals surface area contributed by atoms with Crippen molar-refractivity contribution in [2.75, 3.05) is 7.11 Å². The molecule has 0 unspecified atom stereocenters. The first kappa shape index (κ1) is 12.5. The first-order valence-electron chi connectivity index (χ1n) is 5.03. The van der Waals surface area contributed by atoms with E-state index in [1.165, 1.54) is 13.2 Å². The molecule has 1 aromatic rings. The zero-order valence-electron chi connectivity index (χ0n) is 9.56. The van der Waals surface area contributed by atoms with Crippen molar-refractivity contribution >= 4 is 5.97 Å². The summed E-state index contributed by atoms with van der Waals surface area (Å²) in [7, 11) is 1.25. The summed E-state index contributed by atoms with van der Waals surface area (Å²) in [5, 5.41) is 10.3. The van der Waals surface area contributed by atoms with Gasteiger partial charge in [0.05, 0.1) is 7.11 Å². The maximum absolute atomic E-state index is 11.6. The fraction of sp³-hybridized carbons (Fsp3) is 0.308. The predicted octanol–water partition coefficient (Wildman–Crippen LogP) is 1.93. The lowest BCUT2D eigenvalue weighted by atomic mass is 9.90. The molecule has 1 N–H and O–H groups in total. The van der Waals surface area contributed by atoms with Gasteiger partial charge in [-0.05, 0) is 12.5 Å². The second kappa shape index (κ2) is 4.94. The monoisotopic (exact) mass is 220 g/mol. The number of hydrogen-bond donors (Lipinski definition) is 1. The number of methoxy groups -OCH3 is 1. The van der Waals surface area contributed by atoms with Gasteiger partial charge < -0.3 is 9.84 Å². The fourth-order valence-electron chi connectivity index (χ4n) is 1.53. The molecule has 0 radical (unpaired) electrons. The van der Waals surface area contributed by atoms with Crippen LogP contribution in [0.15, 0.2) is 36.9 Å². The molecule has 0 saturated heterocycles. The van der Waals surface area contributed by atoms with Gasteiger partial charge in [-0.3, -0.25) is 0 Å². The lowest BCUT2D eigenvalue weighted by molar-refractivity contribution is -0.163. The van der Waals surface area contributed by atoms with Gasteiger partial charge in [0.15, 0.2) is 5.60 Å². The van der Waals surface area contributed by atoms with Crippen LogP contribution in [0.25, 0.3) is 0 Å². The van der Waals surface area contributed by atoms with Gasteiger partial charge in [0, 0.05) is 6.42 Å². The molecule has 0 aliphatic carbocycles. The molecule has 0 aliphatic rings. The van der Waals surface area contributed by atoms with Crippen LogP contribution in [0.4, 0.5) is 0 Å². The van der Waals surface area contributed by atoms with E-state index < -0.39 is 11.6 Å². The van der Waals surface area contributed by atoms with Crippen LogP contribution in [0.2, 0.25) is 0 Å². The summed E-state index contributed by atoms with van der Waals surface area (Å²) in [4.78, 5) is 11.6. The van der Waals surface area contributed by atoms with Crippen LogP contribution in [0, 0.1) is 6.92 Å². The van der Waals surface area contributed by atoms with Crippen molar-refractivity contribution in [1.82, 2.24) is 0 Å². The van der Waals surface area contributed by atoms with Gasteiger partial charge in [-0.25, -0.2) is 4.79 Å². The van der Waals surface area contributed by atoms with E-state index in [-0.39, 0.29) is 6.42 Å². The van der Waals surface area contributed by atoms with Crippen LogP contribution in [0.1, 0.15) is 17.5 Å². The van der Waals surface area contributed by atoms with Crippen molar-refractivity contribution < 1.29 is 14.6 Å². The third-order valence-electron chi connectivity index (χ3n) is 2.49. The number of aliphatic hydroxyl groups is 1. The normalized spacial score (nSPS) is 13.9. The van der Waals surface area contributed by atoms with E-state index in [9.17, 15) is 9.90 Å². The average molecular weight is 220 g/mol. The number of ether oxygens (including phenoxy) is 1. The molecule has 0 aliphatic heterocycles. The molecule has 0 fully saturated rings. The van der Waals surface area contributed by atoms with Crippen LogP contribution in [-0.2, 0) is 15.1 Å². The second-order valence-electron chi connectivity index (χ2n) is 3.71. The Kier molecular flexibility index (Phi) is 3.85. The van der Waals surface area contributed by atoms with Crippen LogP contribution >= 0.6 is 0 Å². The molecule has 0 heterocycles. The van der Waals surface area contributed by atoms with Crippen molar-refractivity contribution in [3.63, 3.8) is 0 Å². The number of benzene rings is 1. The summed E-state index contributed by atoms with van der Waals surface area (Å²) in [6.07, 6.45) is 1.62. The molecular formula is C13H16O3. The molecule has 86 valence electrons. The summed E-state index contributed by atoms with van der Waals surface area (Å²) in [6.45, 7) is 5.48. The minimum atomic E-state index is -1.63. The van der Waals surface area contributed by atoms with Crippen LogP contribution in [-0.4, -0.2) is 18.2 Å². The maximum atomic E-state index is 11.6. The fourth-order valence-corrected chi connectivity index (χ4v) is 1.53. The predicted molar refractivity (Wildman–Crippen MR) is 61.9 cm³/mol. The number of hydrogen-bond acceptors (Lipinski definition) is 3. The Bertz CT molecular complexity index is 381. The highest BCUT2D eigenvalue weighted by molar-refractivity contribution is 5.81. The molecule has 3 nitrogen and oxygen atoms in total. The molecule has 1 rings (SSSR count). The summed E-state index contributed by atoms with van der Waals surface area (Å²) in [5.74, 6) is -0.670. The van der Waals surface area contributed by atoms with Crippen LogP contribution < -0.4 is 0 Å². The Morgan fingerprint density at radius 3 is 2.50 bits per heavy atom. The van der Waals surface area contributed by atoms with Gasteiger partial charge in [0.2, 0.25) is 0 Å². The molecule has 3 heteroatoms. The Morgan fingerprint density at radius 1 is 1.50 bits per heavy atom. The summed E-state index contributed by atoms with van der Waals surface area (Å²) in [5.41, 5.74) is -0.0519. The number of aryl methyl sites for hydroxylation is 1. The standard InChI is InChI=1S/C13H16O3/c1-4-9-13(15,12(14)16-3)11-7-5-10(2)6-8-11/h4-8,15H,1,9H2,2-3H3/t13-/m1/s1. The molecule has 0 saturated carbocycles. The molecule has 0 spiro atoms. The second-order valence-corrected chi connectivity index (χ2v) is 3.71. The molecule has 0 aromatic heterocycles. The summed E-state index contributed by atoms with van der Waals surface area (Å²) in [6, 6.07) is 7.12. The topological polar surface area (TPSA) is 46.5 Å². The number of carbonyl (C=O) groups is 1. The van der Waals surface area contributed by atoms with Gasteiger partial charge >= 0.3 is 5.97 Å². The van der Waals surface area contributed by atoms with E-state index in [2.05, 4.69) is 11.3 Å². The van der Waals surface area contributed by atoms with Crippen molar-refractivity contribution in [1.29, 1.82) is 0 Å². The Hall–Kier alpha value is -1.61. The van der Waals surface area contributed by atoms with Crippen molar-refractivity contribution in [3.05, 3.63) is 48.0 Å². The van der Waals surface area contributed by atoms with E-state index in [0.717, 1.165) is 5.56 Å². The SMILES string of the molecule is C=CC[C@](O)(C(=O)OC)c1ccc(C)cc1. The Balaban J connectivity index is 3.15. The molecule has 0 bridgehead atoms. The van der Waals surface area contributed by atoms with Crippen LogP contribution in [0.5, 0.6) is 0 Å². The van der Waals surface area contributed by atoms with Gasteiger partial charge in [0.25, 0.3) is 0 Å². The zero-order valence-corrected chi connectivity index (χ0v) is 9.56. The summed E-state index contributed by atoms with van der Waals surface area (Å²) >= 11 is 0. The first-order valence-corrected chi connectivity index (χ1v) is 5.03. The van der Waals surface area contributed by atoms with Crippen molar-refractivity contribution in [3.8, 4) is 0 Å². The lowest BCUT2D eigenvalue weighted by Gasteiger charge is -2.24. The Morgan fingerprint density at radius 2 is 2.06 bits per heavy atom. The summed E-state index contributed by atoms with van der Waals surface area (Å²) < 4.78 is 4.62. The van der Waals surface area contributed by atoms with Gasteiger partial charge in [-0.15, -0.1) is 6.58 Å². The number of esters is 1. The molecule has 16 heavy (non-hydrogen) atoms. The molecule has 0 amide bonds. The maximum Gasteiger partial charge on any atom is 0.342 e. The highest BCUT2D eigenvalue weighted by atomic mass is 16.5. The Labute approximate surface area is 95.4 Å². The van der Waals surface area contributed by atoms with Gasteiger partial charge in [0.1, 0.15) is 0 Å². The molecule has 1 atom stereocenters. The highest BCUT2D eigenvalue weighted by Gasteiger charge is 2.37. The zero-order chi connectivity index (χ0) is 12.2. The van der Waals surface area contributed by atoms with Crippen molar-refractivity contribution in [2.45, 2.75) is 18.9 Å². The van der Waals surface area contributed by atoms with Gasteiger partial charge in [-0.2, -0.15) is 0 Å². The number of rotatable bonds is 4. The lowest BCUT2D eigenvalue weighted by Crippen LogP contribution is -2.36. The van der Waals surface area contributed by atoms with E-state index >= 15 is 0 Å². The van der Waals surface area contributed by atoms with E-state index in [4.69, 9.17) is 0 Å². The minimum Gasteiger partial charge on any atom is -0.467 e. The van der Waals surface area contributed by atoms with Crippen molar-refractivity contribution in [2.24, 2.45) is 0 Å². The van der Waals surface area contributed by atoms with E-state index in [1.807, 2.05) is 19.1 Å². The molecular weight excluding hydrogens is 204 g/mol. The van der Waals surface area contributed by atoms with Gasteiger partial charge in [-0.1, -0.05) is 35.9 Å². The highest BCUT2D eigenvalue weighted by Crippen LogP contribution is 2.27. The van der Waals surface area contributed by atoms with E-state index in [1.54, 1.807) is 12.1 Å². The number of carbonyl (C=O) groups excluding carboxylic acids is 1.